The third-order valence-electron chi connectivity index (χ3n) is 6.16. The fraction of sp³-hybridized carbons (Fsp3) is 0.200. The number of sulfonamides is 1. The number of aromatic nitrogens is 2. The monoisotopic (exact) mass is 491 g/mol. The van der Waals surface area contributed by atoms with Crippen molar-refractivity contribution in [2.45, 2.75) is 24.3 Å². The van der Waals surface area contributed by atoms with Crippen LogP contribution in [0, 0.1) is 0 Å². The summed E-state index contributed by atoms with van der Waals surface area (Å²) in [6.07, 6.45) is 2.11. The van der Waals surface area contributed by atoms with Gasteiger partial charge in [-0.25, -0.2) is 13.2 Å². The van der Waals surface area contributed by atoms with Crippen molar-refractivity contribution in [2.75, 3.05) is 23.2 Å². The van der Waals surface area contributed by atoms with Crippen LogP contribution in [0.25, 0.3) is 11.0 Å². The van der Waals surface area contributed by atoms with Gasteiger partial charge in [0.1, 0.15) is 0 Å². The second kappa shape index (κ2) is 8.95. The molecule has 9 nitrogen and oxygen atoms in total. The molecular weight excluding hydrogens is 466 g/mol. The van der Waals surface area contributed by atoms with Crippen LogP contribution in [0.1, 0.15) is 27.9 Å². The van der Waals surface area contributed by atoms with Gasteiger partial charge < -0.3 is 20.2 Å². The lowest BCUT2D eigenvalue weighted by atomic mass is 9.99. The van der Waals surface area contributed by atoms with E-state index in [4.69, 9.17) is 0 Å². The molecule has 0 bridgehead atoms. The predicted octanol–water partition coefficient (Wildman–Crippen LogP) is 2.97. The molecule has 4 N–H and O–H groups in total. The molecule has 0 aliphatic carbocycles. The molecule has 35 heavy (non-hydrogen) atoms. The number of aromatic amines is 2. The summed E-state index contributed by atoms with van der Waals surface area (Å²) < 4.78 is 28.5. The molecule has 5 rings (SSSR count). The van der Waals surface area contributed by atoms with Crippen molar-refractivity contribution in [1.82, 2.24) is 15.3 Å². The quantitative estimate of drug-likeness (QED) is 0.330. The Morgan fingerprint density at radius 2 is 1.83 bits per heavy atom. The molecule has 0 unspecified atom stereocenters. The number of para-hydroxylation sites is 1. The van der Waals surface area contributed by atoms with Gasteiger partial charge in [0.2, 0.25) is 0 Å². The van der Waals surface area contributed by atoms with E-state index in [0.717, 1.165) is 24.9 Å². The number of aryl methyl sites for hydroxylation is 1. The van der Waals surface area contributed by atoms with Gasteiger partial charge in [0, 0.05) is 25.8 Å². The fourth-order valence-electron chi connectivity index (χ4n) is 4.38. The third-order valence-corrected chi connectivity index (χ3v) is 7.52. The minimum Gasteiger partial charge on any atom is -0.374 e. The molecule has 2 heterocycles. The summed E-state index contributed by atoms with van der Waals surface area (Å²) in [7, 11) is -1.93. The first-order valence-electron chi connectivity index (χ1n) is 11.3. The topological polar surface area (TPSA) is 127 Å². The summed E-state index contributed by atoms with van der Waals surface area (Å²) in [5.74, 6) is -0.386. The number of carbonyl (C=O) groups is 1. The molecule has 1 aliphatic rings. The lowest BCUT2D eigenvalue weighted by Gasteiger charge is -2.27. The molecule has 0 fully saturated rings. The number of hydrogen-bond donors (Lipinski definition) is 4. The molecule has 1 aromatic heterocycles. The molecule has 0 spiro atoms. The summed E-state index contributed by atoms with van der Waals surface area (Å²) in [5.41, 5.74) is 4.30. The molecule has 1 aliphatic heterocycles. The van der Waals surface area contributed by atoms with Crippen LogP contribution in [-0.2, 0) is 23.0 Å². The van der Waals surface area contributed by atoms with Gasteiger partial charge in [-0.15, -0.1) is 0 Å². The predicted molar refractivity (Wildman–Crippen MR) is 135 cm³/mol. The Morgan fingerprint density at radius 1 is 1.03 bits per heavy atom. The van der Waals surface area contributed by atoms with E-state index in [0.29, 0.717) is 17.6 Å². The Balaban J connectivity index is 1.33. The summed E-state index contributed by atoms with van der Waals surface area (Å²) in [6.45, 7) is 1.36. The first-order valence-corrected chi connectivity index (χ1v) is 12.7. The average Bonchev–Trinajstić information content (AvgIpc) is 3.22. The molecule has 10 heteroatoms. The number of anilines is 2. The molecule has 1 amide bonds. The Bertz CT molecular complexity index is 1590. The largest absolute Gasteiger partial charge is 0.374 e. The highest BCUT2D eigenvalue weighted by molar-refractivity contribution is 7.92. The zero-order valence-electron chi connectivity index (χ0n) is 19.1. The number of nitrogens with zero attached hydrogens (tertiary/aromatic N) is 1. The Labute approximate surface area is 202 Å². The molecule has 180 valence electrons. The van der Waals surface area contributed by atoms with Crippen molar-refractivity contribution < 1.29 is 13.2 Å². The van der Waals surface area contributed by atoms with Crippen LogP contribution in [0.2, 0.25) is 0 Å². The summed E-state index contributed by atoms with van der Waals surface area (Å²) in [4.78, 5) is 31.8. The minimum absolute atomic E-state index is 0.0329. The molecule has 4 aromatic rings. The smallest absolute Gasteiger partial charge is 0.323 e. The highest BCUT2D eigenvalue weighted by atomic mass is 32.2. The van der Waals surface area contributed by atoms with Crippen LogP contribution >= 0.6 is 0 Å². The number of hydrogen-bond acceptors (Lipinski definition) is 5. The zero-order chi connectivity index (χ0) is 24.6. The van der Waals surface area contributed by atoms with Crippen LogP contribution in [-0.4, -0.2) is 37.9 Å². The maximum Gasteiger partial charge on any atom is 0.323 e. The molecule has 0 atom stereocenters. The van der Waals surface area contributed by atoms with Crippen LogP contribution < -0.4 is 20.6 Å². The first-order chi connectivity index (χ1) is 16.8. The van der Waals surface area contributed by atoms with Crippen molar-refractivity contribution >= 4 is 38.3 Å². The van der Waals surface area contributed by atoms with E-state index in [-0.39, 0.29) is 22.1 Å². The number of nitrogens with one attached hydrogen (secondary N) is 4. The van der Waals surface area contributed by atoms with E-state index in [1.54, 1.807) is 18.2 Å². The number of amides is 1. The second-order valence-electron chi connectivity index (χ2n) is 8.61. The lowest BCUT2D eigenvalue weighted by molar-refractivity contribution is 0.0952. The van der Waals surface area contributed by atoms with Crippen molar-refractivity contribution in [1.29, 1.82) is 0 Å². The van der Waals surface area contributed by atoms with E-state index >= 15 is 0 Å². The van der Waals surface area contributed by atoms with Gasteiger partial charge in [-0.3, -0.25) is 9.52 Å². The van der Waals surface area contributed by atoms with Gasteiger partial charge >= 0.3 is 5.69 Å². The maximum atomic E-state index is 13.0. The van der Waals surface area contributed by atoms with E-state index in [9.17, 15) is 18.0 Å². The first kappa shape index (κ1) is 22.7. The molecule has 0 radical (unpaired) electrons. The number of H-pyrrole nitrogens is 2. The van der Waals surface area contributed by atoms with Crippen molar-refractivity contribution in [3.05, 3.63) is 87.8 Å². The summed E-state index contributed by atoms with van der Waals surface area (Å²) in [5, 5.41) is 2.89. The number of rotatable bonds is 6. The van der Waals surface area contributed by atoms with Crippen molar-refractivity contribution in [2.24, 2.45) is 0 Å². The Kier molecular flexibility index (Phi) is 5.81. The number of fused-ring (bicyclic) bond motifs is 2. The highest BCUT2D eigenvalue weighted by Gasteiger charge is 2.20. The normalized spacial score (nSPS) is 13.5. The number of benzene rings is 3. The van der Waals surface area contributed by atoms with E-state index < -0.39 is 15.7 Å². The van der Waals surface area contributed by atoms with Crippen LogP contribution in [0.15, 0.2) is 70.4 Å². The minimum atomic E-state index is -4.00. The van der Waals surface area contributed by atoms with E-state index in [1.165, 1.54) is 35.5 Å². The van der Waals surface area contributed by atoms with Gasteiger partial charge in [0.15, 0.2) is 0 Å². The fourth-order valence-corrected chi connectivity index (χ4v) is 5.48. The van der Waals surface area contributed by atoms with Gasteiger partial charge in [0.25, 0.3) is 15.9 Å². The Morgan fingerprint density at radius 3 is 2.69 bits per heavy atom. The standard InChI is InChI=1S/C25H25N5O4S/c1-30-12-4-5-17-13-16(8-11-23(17)30)15-26-24(31)19-6-2-3-7-20(19)29-35(33,34)18-9-10-21-22(14-18)28-25(32)27-21/h2-3,6-11,13-14,29H,4-5,12,15H2,1H3,(H,26,31)(H2,27,28,32). The molecule has 0 saturated heterocycles. The van der Waals surface area contributed by atoms with Crippen molar-refractivity contribution in [3.63, 3.8) is 0 Å². The van der Waals surface area contributed by atoms with Crippen LogP contribution in [0.4, 0.5) is 11.4 Å². The van der Waals surface area contributed by atoms with Gasteiger partial charge in [0.05, 0.1) is 27.2 Å². The van der Waals surface area contributed by atoms with Gasteiger partial charge in [-0.2, -0.15) is 0 Å². The van der Waals surface area contributed by atoms with Crippen LogP contribution in [0.3, 0.4) is 0 Å². The maximum absolute atomic E-state index is 13.0. The number of imidazole rings is 1. The molecule has 3 aromatic carbocycles. The van der Waals surface area contributed by atoms with E-state index in [2.05, 4.69) is 44.1 Å². The SMILES string of the molecule is CN1CCCc2cc(CNC(=O)c3ccccc3NS(=O)(=O)c3ccc4[nH]c(=O)[nH]c4c3)ccc21. The third kappa shape index (κ3) is 4.65. The lowest BCUT2D eigenvalue weighted by Crippen LogP contribution is -2.26. The summed E-state index contributed by atoms with van der Waals surface area (Å²) >= 11 is 0. The van der Waals surface area contributed by atoms with E-state index in [1.807, 2.05) is 6.07 Å². The van der Waals surface area contributed by atoms with Crippen molar-refractivity contribution in [3.8, 4) is 0 Å². The summed E-state index contributed by atoms with van der Waals surface area (Å²) in [6, 6.07) is 16.9. The molecule has 0 saturated carbocycles. The number of carbonyl (C=O) groups excluding carboxylic acids is 1. The Hall–Kier alpha value is -4.05. The highest BCUT2D eigenvalue weighted by Crippen LogP contribution is 2.27. The zero-order valence-corrected chi connectivity index (χ0v) is 19.9. The second-order valence-corrected chi connectivity index (χ2v) is 10.3. The van der Waals surface area contributed by atoms with Gasteiger partial charge in [-0.1, -0.05) is 24.3 Å². The average molecular weight is 492 g/mol. The molecular formula is C25H25N5O4S. The van der Waals surface area contributed by atoms with Crippen LogP contribution in [0.5, 0.6) is 0 Å². The van der Waals surface area contributed by atoms with Gasteiger partial charge in [-0.05, 0) is 60.4 Å².